The zero-order chi connectivity index (χ0) is 10.2. The second-order valence-electron chi connectivity index (χ2n) is 2.49. The minimum atomic E-state index is -3.74. The highest BCUT2D eigenvalue weighted by molar-refractivity contribution is 7.91. The maximum atomic E-state index is 10.9. The fraction of sp³-hybridized carbons (Fsp3) is 0.333. The lowest BCUT2D eigenvalue weighted by molar-refractivity contribution is 0.101. The van der Waals surface area contributed by atoms with Gasteiger partial charge in [-0.1, -0.05) is 11.3 Å². The number of primary sulfonamides is 1. The van der Waals surface area contributed by atoms with E-state index in [-0.39, 0.29) is 20.7 Å². The Labute approximate surface area is 79.6 Å². The molecular formula is C6H8N2O3S2. The molecule has 0 aliphatic heterocycles. The number of aromatic nitrogens is 1. The van der Waals surface area contributed by atoms with Gasteiger partial charge in [-0.2, -0.15) is 0 Å². The van der Waals surface area contributed by atoms with E-state index in [0.29, 0.717) is 0 Å². The summed E-state index contributed by atoms with van der Waals surface area (Å²) in [7, 11) is -3.74. The summed E-state index contributed by atoms with van der Waals surface area (Å²) in [5, 5.41) is 5.07. The van der Waals surface area contributed by atoms with Gasteiger partial charge >= 0.3 is 0 Å². The fourth-order valence-electron chi connectivity index (χ4n) is 0.797. The summed E-state index contributed by atoms with van der Waals surface area (Å²) in [6.45, 7) is 2.83. The van der Waals surface area contributed by atoms with Crippen molar-refractivity contribution in [2.24, 2.45) is 5.14 Å². The average Bonchev–Trinajstić information content (AvgIpc) is 2.29. The zero-order valence-corrected chi connectivity index (χ0v) is 8.70. The highest BCUT2D eigenvalue weighted by atomic mass is 32.2. The highest BCUT2D eigenvalue weighted by Crippen LogP contribution is 2.22. The molecule has 0 aromatic carbocycles. The van der Waals surface area contributed by atoms with Gasteiger partial charge in [0.15, 0.2) is 15.0 Å². The minimum absolute atomic E-state index is 0.0438. The highest BCUT2D eigenvalue weighted by Gasteiger charge is 2.18. The van der Waals surface area contributed by atoms with Gasteiger partial charge in [0, 0.05) is 6.92 Å². The molecule has 0 fully saturated rings. The Morgan fingerprint density at radius 2 is 2.08 bits per heavy atom. The topological polar surface area (TPSA) is 90.1 Å². The van der Waals surface area contributed by atoms with Crippen LogP contribution in [0.2, 0.25) is 0 Å². The molecule has 0 atom stereocenters. The summed E-state index contributed by atoms with van der Waals surface area (Å²) < 4.78 is 21.8. The number of ketones is 1. The first-order valence-corrected chi connectivity index (χ1v) is 5.70. The number of carbonyl (C=O) groups excluding carboxylic acids is 1. The number of rotatable bonds is 2. The van der Waals surface area contributed by atoms with Crippen LogP contribution in [0.25, 0.3) is 0 Å². The third kappa shape index (κ3) is 2.11. The van der Waals surface area contributed by atoms with Crippen molar-refractivity contribution >= 4 is 27.1 Å². The molecule has 0 radical (unpaired) electrons. The van der Waals surface area contributed by atoms with Crippen molar-refractivity contribution < 1.29 is 13.2 Å². The van der Waals surface area contributed by atoms with Crippen molar-refractivity contribution in [3.63, 3.8) is 0 Å². The number of Topliss-reactive ketones (excluding diaryl/α,β-unsaturated/α-hetero) is 1. The Morgan fingerprint density at radius 1 is 1.54 bits per heavy atom. The predicted molar refractivity (Wildman–Crippen MR) is 48.2 cm³/mol. The van der Waals surface area contributed by atoms with Gasteiger partial charge in [0.05, 0.1) is 5.69 Å². The molecule has 0 saturated carbocycles. The summed E-state index contributed by atoms with van der Waals surface area (Å²) in [6.07, 6.45) is 0. The Balaban J connectivity index is 3.35. The lowest BCUT2D eigenvalue weighted by atomic mass is 10.5. The molecule has 0 aliphatic carbocycles. The molecule has 7 heteroatoms. The standard InChI is InChI=1S/C6H8N2O3S2/c1-3-6(13(7,10)11)12-5(8-3)4(2)9/h1-2H3,(H2,7,10,11). The number of nitrogens with two attached hydrogens (primary N) is 1. The molecule has 1 aromatic heterocycles. The van der Waals surface area contributed by atoms with E-state index < -0.39 is 10.0 Å². The number of sulfonamides is 1. The first-order valence-electron chi connectivity index (χ1n) is 3.33. The molecule has 13 heavy (non-hydrogen) atoms. The van der Waals surface area contributed by atoms with Gasteiger partial charge in [-0.25, -0.2) is 18.5 Å². The second-order valence-corrected chi connectivity index (χ2v) is 5.25. The van der Waals surface area contributed by atoms with Crippen LogP contribution < -0.4 is 5.14 Å². The van der Waals surface area contributed by atoms with E-state index in [1.165, 1.54) is 13.8 Å². The molecule has 0 aliphatic rings. The minimum Gasteiger partial charge on any atom is -0.292 e. The van der Waals surface area contributed by atoms with Crippen molar-refractivity contribution in [1.82, 2.24) is 4.98 Å². The van der Waals surface area contributed by atoms with Crippen molar-refractivity contribution in [2.75, 3.05) is 0 Å². The van der Waals surface area contributed by atoms with Gasteiger partial charge in [0.25, 0.3) is 0 Å². The van der Waals surface area contributed by atoms with Gasteiger partial charge in [-0.15, -0.1) is 0 Å². The van der Waals surface area contributed by atoms with Crippen LogP contribution in [-0.2, 0) is 10.0 Å². The van der Waals surface area contributed by atoms with E-state index in [2.05, 4.69) is 4.98 Å². The van der Waals surface area contributed by atoms with E-state index in [9.17, 15) is 13.2 Å². The van der Waals surface area contributed by atoms with Crippen LogP contribution in [0.1, 0.15) is 22.4 Å². The van der Waals surface area contributed by atoms with Gasteiger partial charge < -0.3 is 0 Å². The predicted octanol–water partition coefficient (Wildman–Crippen LogP) is 0.302. The molecule has 0 spiro atoms. The van der Waals surface area contributed by atoms with Crippen LogP contribution >= 0.6 is 11.3 Å². The van der Waals surface area contributed by atoms with E-state index in [1.54, 1.807) is 0 Å². The number of aryl methyl sites for hydroxylation is 1. The number of hydrogen-bond donors (Lipinski definition) is 1. The third-order valence-electron chi connectivity index (χ3n) is 1.31. The Bertz CT molecular complexity index is 446. The van der Waals surface area contributed by atoms with E-state index >= 15 is 0 Å². The SMILES string of the molecule is CC(=O)c1nc(C)c(S(N)(=O)=O)s1. The molecule has 0 saturated heterocycles. The Morgan fingerprint density at radius 3 is 2.31 bits per heavy atom. The number of carbonyl (C=O) groups is 1. The van der Waals surface area contributed by atoms with Gasteiger partial charge in [-0.3, -0.25) is 4.79 Å². The summed E-state index contributed by atoms with van der Waals surface area (Å²) in [5.41, 5.74) is 0.276. The Hall–Kier alpha value is -0.790. The molecule has 1 aromatic rings. The molecule has 1 heterocycles. The van der Waals surface area contributed by atoms with E-state index in [0.717, 1.165) is 11.3 Å². The lowest BCUT2D eigenvalue weighted by Gasteiger charge is -1.90. The third-order valence-corrected chi connectivity index (χ3v) is 4.13. The van der Waals surface area contributed by atoms with Crippen molar-refractivity contribution in [3.8, 4) is 0 Å². The fourth-order valence-corrected chi connectivity index (χ4v) is 2.65. The van der Waals surface area contributed by atoms with Crippen LogP contribution in [0, 0.1) is 6.92 Å². The number of thiazole rings is 1. The quantitative estimate of drug-likeness (QED) is 0.726. The van der Waals surface area contributed by atoms with Crippen molar-refractivity contribution in [3.05, 3.63) is 10.7 Å². The first-order chi connectivity index (χ1) is 5.82. The van der Waals surface area contributed by atoms with Crippen molar-refractivity contribution in [1.29, 1.82) is 0 Å². The molecule has 1 rings (SSSR count). The normalized spacial score (nSPS) is 11.6. The molecule has 0 amide bonds. The average molecular weight is 220 g/mol. The number of hydrogen-bond acceptors (Lipinski definition) is 5. The summed E-state index contributed by atoms with van der Waals surface area (Å²) in [4.78, 5) is 14.6. The van der Waals surface area contributed by atoms with Gasteiger partial charge in [0.2, 0.25) is 10.0 Å². The van der Waals surface area contributed by atoms with Gasteiger partial charge in [-0.05, 0) is 6.92 Å². The largest absolute Gasteiger partial charge is 0.292 e. The molecule has 72 valence electrons. The van der Waals surface area contributed by atoms with Crippen LogP contribution in [0.5, 0.6) is 0 Å². The summed E-state index contributed by atoms with van der Waals surface area (Å²) in [5.74, 6) is -0.261. The van der Waals surface area contributed by atoms with E-state index in [1.807, 2.05) is 0 Å². The number of nitrogens with zero attached hydrogens (tertiary/aromatic N) is 1. The van der Waals surface area contributed by atoms with Crippen LogP contribution in [0.4, 0.5) is 0 Å². The molecular weight excluding hydrogens is 212 g/mol. The molecule has 2 N–H and O–H groups in total. The first kappa shape index (κ1) is 10.3. The summed E-state index contributed by atoms with van der Waals surface area (Å²) >= 11 is 0.801. The van der Waals surface area contributed by atoms with Gasteiger partial charge in [0.1, 0.15) is 0 Å². The Kier molecular flexibility index (Phi) is 2.51. The smallest absolute Gasteiger partial charge is 0.249 e. The second kappa shape index (κ2) is 3.17. The maximum absolute atomic E-state index is 10.9. The van der Waals surface area contributed by atoms with Crippen LogP contribution in [0.3, 0.4) is 0 Å². The summed E-state index contributed by atoms with van der Waals surface area (Å²) in [6, 6.07) is 0. The van der Waals surface area contributed by atoms with Crippen LogP contribution in [-0.4, -0.2) is 19.2 Å². The monoisotopic (exact) mass is 220 g/mol. The van der Waals surface area contributed by atoms with Crippen LogP contribution in [0.15, 0.2) is 4.21 Å². The van der Waals surface area contributed by atoms with E-state index in [4.69, 9.17) is 5.14 Å². The lowest BCUT2D eigenvalue weighted by Crippen LogP contribution is -2.11. The van der Waals surface area contributed by atoms with Crippen molar-refractivity contribution in [2.45, 2.75) is 18.1 Å². The molecule has 5 nitrogen and oxygen atoms in total. The zero-order valence-electron chi connectivity index (χ0n) is 7.07. The molecule has 0 unspecified atom stereocenters. The maximum Gasteiger partial charge on any atom is 0.249 e. The molecule has 0 bridgehead atoms.